The molecule has 1 unspecified atom stereocenters. The minimum atomic E-state index is -0.342. The average Bonchev–Trinajstić information content (AvgIpc) is 2.34. The molecule has 0 aliphatic carbocycles. The van der Waals surface area contributed by atoms with E-state index < -0.39 is 0 Å². The molecule has 2 rings (SSSR count). The summed E-state index contributed by atoms with van der Waals surface area (Å²) in [5.74, 6) is -0.342. The van der Waals surface area contributed by atoms with Crippen LogP contribution < -0.4 is 0 Å². The van der Waals surface area contributed by atoms with E-state index in [4.69, 9.17) is 11.6 Å². The molecule has 0 saturated carbocycles. The van der Waals surface area contributed by atoms with E-state index in [0.717, 1.165) is 24.0 Å². The molecule has 1 nitrogen and oxygen atoms in total. The van der Waals surface area contributed by atoms with Gasteiger partial charge in [-0.25, -0.2) is 4.39 Å². The van der Waals surface area contributed by atoms with E-state index in [-0.39, 0.29) is 10.8 Å². The molecule has 17 heavy (non-hydrogen) atoms. The fourth-order valence-corrected chi connectivity index (χ4v) is 3.25. The quantitative estimate of drug-likeness (QED) is 0.753. The van der Waals surface area contributed by atoms with Gasteiger partial charge in [0.25, 0.3) is 0 Å². The fraction of sp³-hybridized carbons (Fsp3) is 0.538. The Morgan fingerprint density at radius 2 is 2.24 bits per heavy atom. The van der Waals surface area contributed by atoms with Crippen LogP contribution in [0.2, 0.25) is 5.02 Å². The summed E-state index contributed by atoms with van der Waals surface area (Å²) in [7, 11) is 0. The second-order valence-corrected chi connectivity index (χ2v) is 5.58. The minimum Gasteiger partial charge on any atom is -0.295 e. The average molecular weight is 321 g/mol. The Labute approximate surface area is 115 Å². The number of hydrogen-bond acceptors (Lipinski definition) is 1. The summed E-state index contributed by atoms with van der Waals surface area (Å²) in [6.07, 6.45) is 3.79. The van der Waals surface area contributed by atoms with Crippen LogP contribution in [0.25, 0.3) is 0 Å². The lowest BCUT2D eigenvalue weighted by Crippen LogP contribution is -2.39. The molecule has 0 N–H and O–H groups in total. The number of likely N-dealkylation sites (tertiary alicyclic amines) is 1. The van der Waals surface area contributed by atoms with Gasteiger partial charge >= 0.3 is 0 Å². The largest absolute Gasteiger partial charge is 0.295 e. The van der Waals surface area contributed by atoms with Crippen molar-refractivity contribution in [3.8, 4) is 0 Å². The van der Waals surface area contributed by atoms with Crippen LogP contribution in [0.3, 0.4) is 0 Å². The third kappa shape index (κ3) is 3.43. The van der Waals surface area contributed by atoms with Gasteiger partial charge in [-0.05, 0) is 37.1 Å². The van der Waals surface area contributed by atoms with Crippen molar-refractivity contribution in [2.24, 2.45) is 0 Å². The van der Waals surface area contributed by atoms with Crippen molar-refractivity contribution in [1.29, 1.82) is 0 Å². The van der Waals surface area contributed by atoms with Gasteiger partial charge in [0.05, 0.1) is 5.02 Å². The first-order valence-electron chi connectivity index (χ1n) is 5.94. The lowest BCUT2D eigenvalue weighted by atomic mass is 10.0. The van der Waals surface area contributed by atoms with E-state index in [9.17, 15) is 4.39 Å². The highest BCUT2D eigenvalue weighted by atomic mass is 79.9. The minimum absolute atomic E-state index is 0.218. The normalized spacial score (nSPS) is 21.7. The van der Waals surface area contributed by atoms with Crippen LogP contribution in [0.4, 0.5) is 4.39 Å². The van der Waals surface area contributed by atoms with Crippen molar-refractivity contribution in [3.05, 3.63) is 34.6 Å². The Hall–Kier alpha value is -0.120. The summed E-state index contributed by atoms with van der Waals surface area (Å²) in [6.45, 7) is 1.97. The van der Waals surface area contributed by atoms with Crippen LogP contribution in [0, 0.1) is 5.82 Å². The zero-order valence-electron chi connectivity index (χ0n) is 9.63. The zero-order chi connectivity index (χ0) is 12.3. The Kier molecular flexibility index (Phi) is 4.83. The lowest BCUT2D eigenvalue weighted by Gasteiger charge is -2.34. The Balaban J connectivity index is 2.05. The highest BCUT2D eigenvalue weighted by Crippen LogP contribution is 2.23. The van der Waals surface area contributed by atoms with Crippen molar-refractivity contribution >= 4 is 27.5 Å². The third-order valence-electron chi connectivity index (χ3n) is 3.30. The summed E-state index contributed by atoms with van der Waals surface area (Å²) >= 11 is 9.36. The van der Waals surface area contributed by atoms with Crippen LogP contribution in [0.15, 0.2) is 18.2 Å². The van der Waals surface area contributed by atoms with Gasteiger partial charge in [-0.3, -0.25) is 4.90 Å². The molecule has 0 amide bonds. The van der Waals surface area contributed by atoms with E-state index >= 15 is 0 Å². The number of rotatable bonds is 3. The SMILES string of the molecule is Fc1ccc(CN2CCCCC2CBr)cc1Cl. The molecule has 0 aromatic heterocycles. The number of nitrogens with zero attached hydrogens (tertiary/aromatic N) is 1. The number of benzene rings is 1. The van der Waals surface area contributed by atoms with E-state index in [1.807, 2.05) is 6.07 Å². The molecule has 94 valence electrons. The van der Waals surface area contributed by atoms with E-state index in [2.05, 4.69) is 20.8 Å². The molecule has 1 aromatic carbocycles. The number of halogens is 3. The maximum atomic E-state index is 13.1. The molecule has 1 aliphatic heterocycles. The topological polar surface area (TPSA) is 3.24 Å². The van der Waals surface area contributed by atoms with Crippen LogP contribution in [-0.2, 0) is 6.54 Å². The van der Waals surface area contributed by atoms with Gasteiger partial charge < -0.3 is 0 Å². The number of piperidine rings is 1. The van der Waals surface area contributed by atoms with Gasteiger partial charge in [0.2, 0.25) is 0 Å². The van der Waals surface area contributed by atoms with Crippen molar-refractivity contribution < 1.29 is 4.39 Å². The molecule has 1 saturated heterocycles. The molecule has 0 radical (unpaired) electrons. The molecular weight excluding hydrogens is 305 g/mol. The Morgan fingerprint density at radius 3 is 2.94 bits per heavy atom. The molecule has 1 aliphatic rings. The van der Waals surface area contributed by atoms with E-state index in [1.165, 1.54) is 25.3 Å². The summed E-state index contributed by atoms with van der Waals surface area (Å²) in [5, 5.41) is 1.22. The molecule has 4 heteroatoms. The lowest BCUT2D eigenvalue weighted by molar-refractivity contribution is 0.156. The molecule has 1 fully saturated rings. The van der Waals surface area contributed by atoms with Crippen LogP contribution in [0.5, 0.6) is 0 Å². The summed E-state index contributed by atoms with van der Waals surface area (Å²) < 4.78 is 13.1. The molecule has 1 heterocycles. The molecular formula is C13H16BrClFN. The van der Waals surface area contributed by atoms with Gasteiger partial charge in [-0.2, -0.15) is 0 Å². The summed E-state index contributed by atoms with van der Waals surface area (Å²) in [4.78, 5) is 2.45. The van der Waals surface area contributed by atoms with Gasteiger partial charge in [-0.15, -0.1) is 0 Å². The van der Waals surface area contributed by atoms with Crippen LogP contribution in [0.1, 0.15) is 24.8 Å². The Bertz CT molecular complexity index is 386. The molecule has 1 atom stereocenters. The Morgan fingerprint density at radius 1 is 1.41 bits per heavy atom. The monoisotopic (exact) mass is 319 g/mol. The van der Waals surface area contributed by atoms with Crippen LogP contribution >= 0.6 is 27.5 Å². The third-order valence-corrected chi connectivity index (χ3v) is 4.33. The number of alkyl halides is 1. The maximum absolute atomic E-state index is 13.1. The van der Waals surface area contributed by atoms with Gasteiger partial charge in [0.15, 0.2) is 0 Å². The molecule has 0 bridgehead atoms. The van der Waals surface area contributed by atoms with E-state index in [0.29, 0.717) is 6.04 Å². The second-order valence-electron chi connectivity index (χ2n) is 4.52. The van der Waals surface area contributed by atoms with Gasteiger partial charge in [-0.1, -0.05) is 40.0 Å². The van der Waals surface area contributed by atoms with Gasteiger partial charge in [0.1, 0.15) is 5.82 Å². The first-order chi connectivity index (χ1) is 8.20. The van der Waals surface area contributed by atoms with Crippen molar-refractivity contribution in [3.63, 3.8) is 0 Å². The van der Waals surface area contributed by atoms with Crippen LogP contribution in [-0.4, -0.2) is 22.8 Å². The predicted octanol–water partition coefficient (Wildman–Crippen LogP) is 4.23. The predicted molar refractivity (Wildman–Crippen MR) is 73.3 cm³/mol. The highest BCUT2D eigenvalue weighted by molar-refractivity contribution is 9.09. The first-order valence-corrected chi connectivity index (χ1v) is 7.44. The number of hydrogen-bond donors (Lipinski definition) is 0. The van der Waals surface area contributed by atoms with Crippen molar-refractivity contribution in [2.45, 2.75) is 31.8 Å². The fourth-order valence-electron chi connectivity index (χ4n) is 2.32. The highest BCUT2D eigenvalue weighted by Gasteiger charge is 2.21. The van der Waals surface area contributed by atoms with Crippen molar-refractivity contribution in [2.75, 3.05) is 11.9 Å². The zero-order valence-corrected chi connectivity index (χ0v) is 12.0. The smallest absolute Gasteiger partial charge is 0.141 e. The molecule has 0 spiro atoms. The standard InChI is InChI=1S/C13H16BrClFN/c14-8-11-3-1-2-6-17(11)9-10-4-5-13(16)12(15)7-10/h4-5,7,11H,1-3,6,8-9H2. The first kappa shape index (κ1) is 13.3. The van der Waals surface area contributed by atoms with Crippen molar-refractivity contribution in [1.82, 2.24) is 4.90 Å². The summed E-state index contributed by atoms with van der Waals surface area (Å²) in [6, 6.07) is 5.59. The summed E-state index contributed by atoms with van der Waals surface area (Å²) in [5.41, 5.74) is 1.09. The van der Waals surface area contributed by atoms with Gasteiger partial charge in [0, 0.05) is 17.9 Å². The maximum Gasteiger partial charge on any atom is 0.141 e. The second kappa shape index (κ2) is 6.17. The van der Waals surface area contributed by atoms with E-state index in [1.54, 1.807) is 6.07 Å². The molecule has 1 aromatic rings.